The van der Waals surface area contributed by atoms with Gasteiger partial charge in [-0.2, -0.15) is 0 Å². The van der Waals surface area contributed by atoms with E-state index in [2.05, 4.69) is 42.1 Å². The van der Waals surface area contributed by atoms with Crippen molar-refractivity contribution in [1.82, 2.24) is 10.2 Å². The molecule has 0 radical (unpaired) electrons. The SMILES string of the molecule is Cl.Cl.FC[C@H](c1cc(Br)c(Br)s1)N1CCNCC1. The van der Waals surface area contributed by atoms with Gasteiger partial charge in [0, 0.05) is 35.5 Å². The average Bonchev–Trinajstić information content (AvgIpc) is 2.61. The summed E-state index contributed by atoms with van der Waals surface area (Å²) in [6, 6.07) is 1.93. The summed E-state index contributed by atoms with van der Waals surface area (Å²) in [6.45, 7) is 3.41. The van der Waals surface area contributed by atoms with Gasteiger partial charge in [-0.3, -0.25) is 4.90 Å². The third kappa shape index (κ3) is 4.58. The Labute approximate surface area is 140 Å². The first-order valence-corrected chi connectivity index (χ1v) is 7.58. The van der Waals surface area contributed by atoms with Gasteiger partial charge in [0.1, 0.15) is 6.67 Å². The smallest absolute Gasteiger partial charge is 0.110 e. The second kappa shape index (κ2) is 9.10. The minimum Gasteiger partial charge on any atom is -0.314 e. The Bertz CT molecular complexity index is 342. The Balaban J connectivity index is 0.00000144. The summed E-state index contributed by atoms with van der Waals surface area (Å²) in [5, 5.41) is 3.28. The van der Waals surface area contributed by atoms with Gasteiger partial charge in [-0.25, -0.2) is 4.39 Å². The second-order valence-electron chi connectivity index (χ2n) is 3.73. The van der Waals surface area contributed by atoms with Gasteiger partial charge in [-0.05, 0) is 37.9 Å². The molecule has 1 atom stereocenters. The van der Waals surface area contributed by atoms with E-state index >= 15 is 0 Å². The lowest BCUT2D eigenvalue weighted by Crippen LogP contribution is -2.45. The molecule has 0 aromatic carbocycles. The molecule has 0 bridgehead atoms. The third-order valence-electron chi connectivity index (χ3n) is 2.73. The summed E-state index contributed by atoms with van der Waals surface area (Å²) in [4.78, 5) is 3.30. The predicted molar refractivity (Wildman–Crippen MR) is 87.4 cm³/mol. The lowest BCUT2D eigenvalue weighted by Gasteiger charge is -2.32. The van der Waals surface area contributed by atoms with Crippen LogP contribution in [0.25, 0.3) is 0 Å². The first-order chi connectivity index (χ1) is 7.72. The van der Waals surface area contributed by atoms with Crippen LogP contribution in [0, 0.1) is 0 Å². The number of halogens is 5. The number of nitrogens with one attached hydrogen (secondary N) is 1. The number of alkyl halides is 1. The van der Waals surface area contributed by atoms with Crippen LogP contribution >= 0.6 is 68.0 Å². The summed E-state index contributed by atoms with van der Waals surface area (Å²) < 4.78 is 15.2. The van der Waals surface area contributed by atoms with Crippen LogP contribution in [0.2, 0.25) is 0 Å². The summed E-state index contributed by atoms with van der Waals surface area (Å²) in [7, 11) is 0. The molecule has 2 heterocycles. The molecule has 1 fully saturated rings. The van der Waals surface area contributed by atoms with Gasteiger partial charge in [-0.1, -0.05) is 0 Å². The molecule has 1 saturated heterocycles. The van der Waals surface area contributed by atoms with Gasteiger partial charge in [0.05, 0.1) is 9.83 Å². The summed E-state index contributed by atoms with van der Waals surface area (Å²) in [6.07, 6.45) is 0. The molecule has 106 valence electrons. The van der Waals surface area contributed by atoms with Crippen LogP contribution in [-0.2, 0) is 0 Å². The van der Waals surface area contributed by atoms with Crippen LogP contribution in [0.3, 0.4) is 0 Å². The molecule has 0 amide bonds. The van der Waals surface area contributed by atoms with Gasteiger partial charge < -0.3 is 5.32 Å². The summed E-state index contributed by atoms with van der Waals surface area (Å²) >= 11 is 8.51. The number of piperazine rings is 1. The van der Waals surface area contributed by atoms with Gasteiger partial charge in [0.2, 0.25) is 0 Å². The lowest BCUT2D eigenvalue weighted by atomic mass is 10.2. The number of hydrogen-bond donors (Lipinski definition) is 1. The van der Waals surface area contributed by atoms with Crippen molar-refractivity contribution in [1.29, 1.82) is 0 Å². The number of hydrogen-bond acceptors (Lipinski definition) is 3. The highest BCUT2D eigenvalue weighted by atomic mass is 79.9. The fraction of sp³-hybridized carbons (Fsp3) is 0.600. The Morgan fingerprint density at radius 1 is 1.33 bits per heavy atom. The minimum absolute atomic E-state index is 0. The molecule has 1 aromatic heterocycles. The maximum absolute atomic E-state index is 13.2. The van der Waals surface area contributed by atoms with Crippen LogP contribution in [0.5, 0.6) is 0 Å². The molecule has 1 aromatic rings. The van der Waals surface area contributed by atoms with Crippen LogP contribution < -0.4 is 5.32 Å². The highest BCUT2D eigenvalue weighted by Crippen LogP contribution is 2.37. The zero-order valence-corrected chi connectivity index (χ0v) is 15.1. The van der Waals surface area contributed by atoms with E-state index in [4.69, 9.17) is 0 Å². The van der Waals surface area contributed by atoms with E-state index < -0.39 is 0 Å². The predicted octanol–water partition coefficient (Wildman–Crippen LogP) is 4.03. The van der Waals surface area contributed by atoms with Crippen molar-refractivity contribution in [3.63, 3.8) is 0 Å². The van der Waals surface area contributed by atoms with E-state index in [1.807, 2.05) is 6.07 Å². The molecule has 2 rings (SSSR count). The molecule has 1 aliphatic heterocycles. The molecule has 0 aliphatic carbocycles. The first-order valence-electron chi connectivity index (χ1n) is 5.18. The molecule has 18 heavy (non-hydrogen) atoms. The maximum atomic E-state index is 13.2. The molecule has 1 aliphatic rings. The van der Waals surface area contributed by atoms with Crippen molar-refractivity contribution in [2.75, 3.05) is 32.9 Å². The molecule has 2 nitrogen and oxygen atoms in total. The van der Waals surface area contributed by atoms with Crippen molar-refractivity contribution >= 4 is 68.0 Å². The Hall–Kier alpha value is 1.09. The second-order valence-corrected chi connectivity index (χ2v) is 6.98. The van der Waals surface area contributed by atoms with Gasteiger partial charge in [0.15, 0.2) is 0 Å². The van der Waals surface area contributed by atoms with Crippen molar-refractivity contribution in [3.8, 4) is 0 Å². The van der Waals surface area contributed by atoms with Crippen LogP contribution in [0.1, 0.15) is 10.9 Å². The maximum Gasteiger partial charge on any atom is 0.110 e. The fourth-order valence-corrected chi connectivity index (χ4v) is 4.08. The molecular weight excluding hydrogens is 430 g/mol. The number of thiophene rings is 1. The number of rotatable bonds is 3. The largest absolute Gasteiger partial charge is 0.314 e. The van der Waals surface area contributed by atoms with E-state index in [9.17, 15) is 4.39 Å². The average molecular weight is 445 g/mol. The standard InChI is InChI=1S/C10H13Br2FN2S.2ClH/c11-7-5-9(16-10(7)12)8(6-13)15-3-1-14-2-4-15;;/h5,8,14H,1-4,6H2;2*1H/t8-;;/m1../s1. The highest BCUT2D eigenvalue weighted by Gasteiger charge is 2.24. The van der Waals surface area contributed by atoms with Gasteiger partial charge in [0.25, 0.3) is 0 Å². The quantitative estimate of drug-likeness (QED) is 0.757. The Kier molecular flexibility index (Phi) is 9.66. The molecule has 8 heteroatoms. The monoisotopic (exact) mass is 442 g/mol. The molecule has 0 spiro atoms. The van der Waals surface area contributed by atoms with Gasteiger partial charge in [-0.15, -0.1) is 36.2 Å². The summed E-state index contributed by atoms with van der Waals surface area (Å²) in [5.41, 5.74) is 0. The molecular formula is C10H15Br2Cl2FN2S. The Morgan fingerprint density at radius 3 is 2.39 bits per heavy atom. The Morgan fingerprint density at radius 2 is 1.94 bits per heavy atom. The van der Waals surface area contributed by atoms with E-state index in [0.29, 0.717) is 0 Å². The van der Waals surface area contributed by atoms with Crippen molar-refractivity contribution in [3.05, 3.63) is 19.2 Å². The minimum atomic E-state index is -0.320. The van der Waals surface area contributed by atoms with Crippen molar-refractivity contribution in [2.24, 2.45) is 0 Å². The zero-order chi connectivity index (χ0) is 11.5. The summed E-state index contributed by atoms with van der Waals surface area (Å²) in [5.74, 6) is 0. The first kappa shape index (κ1) is 19.1. The van der Waals surface area contributed by atoms with Crippen LogP contribution in [0.15, 0.2) is 14.3 Å². The van der Waals surface area contributed by atoms with Crippen molar-refractivity contribution in [2.45, 2.75) is 6.04 Å². The normalized spacial score (nSPS) is 17.7. The molecule has 1 N–H and O–H groups in total. The van der Waals surface area contributed by atoms with Crippen molar-refractivity contribution < 1.29 is 4.39 Å². The fourth-order valence-electron chi connectivity index (χ4n) is 1.87. The van der Waals surface area contributed by atoms with E-state index in [1.165, 1.54) is 0 Å². The molecule has 0 saturated carbocycles. The van der Waals surface area contributed by atoms with Gasteiger partial charge >= 0.3 is 0 Å². The lowest BCUT2D eigenvalue weighted by molar-refractivity contribution is 0.150. The van der Waals surface area contributed by atoms with Crippen LogP contribution in [-0.4, -0.2) is 37.8 Å². The zero-order valence-electron chi connectivity index (χ0n) is 9.50. The van der Waals surface area contributed by atoms with Crippen LogP contribution in [0.4, 0.5) is 4.39 Å². The van der Waals surface area contributed by atoms with E-state index in [1.54, 1.807) is 11.3 Å². The highest BCUT2D eigenvalue weighted by molar-refractivity contribution is 9.13. The van der Waals surface area contributed by atoms with E-state index in [0.717, 1.165) is 39.3 Å². The topological polar surface area (TPSA) is 15.3 Å². The molecule has 0 unspecified atom stereocenters. The third-order valence-corrected chi connectivity index (χ3v) is 6.09. The van der Waals surface area contributed by atoms with E-state index in [-0.39, 0.29) is 37.5 Å². The number of nitrogens with zero attached hydrogens (tertiary/aromatic N) is 1.